The summed E-state index contributed by atoms with van der Waals surface area (Å²) >= 11 is 0. The molecule has 232 valence electrons. The molecule has 9 rings (SSSR count). The van der Waals surface area contributed by atoms with Crippen molar-refractivity contribution in [1.82, 2.24) is 23.3 Å². The Bertz CT molecular complexity index is 2700. The van der Waals surface area contributed by atoms with Gasteiger partial charge in [0, 0.05) is 38.0 Å². The molecule has 0 spiro atoms. The first-order valence-corrected chi connectivity index (χ1v) is 16.2. The maximum Gasteiger partial charge on any atom is 0.405 e. The van der Waals surface area contributed by atoms with Crippen molar-refractivity contribution in [2.45, 2.75) is 0 Å². The van der Waals surface area contributed by atoms with Crippen LogP contribution in [0.3, 0.4) is 0 Å². The van der Waals surface area contributed by atoms with Crippen LogP contribution >= 0.6 is 0 Å². The van der Waals surface area contributed by atoms with E-state index in [1.54, 1.807) is 0 Å². The van der Waals surface area contributed by atoms with Crippen molar-refractivity contribution < 1.29 is 4.57 Å². The molecule has 0 N–H and O–H groups in total. The first-order chi connectivity index (χ1) is 23.5. The summed E-state index contributed by atoms with van der Waals surface area (Å²) in [7, 11) is 8.36. The van der Waals surface area contributed by atoms with Gasteiger partial charge in [-0.05, 0) is 42.0 Å². The summed E-state index contributed by atoms with van der Waals surface area (Å²) in [6.07, 6.45) is 0. The van der Waals surface area contributed by atoms with Crippen molar-refractivity contribution in [3.8, 4) is 22.5 Å². The summed E-state index contributed by atoms with van der Waals surface area (Å²) in [5.74, 6) is 1.76. The fourth-order valence-electron chi connectivity index (χ4n) is 7.18. The summed E-state index contributed by atoms with van der Waals surface area (Å²) < 4.78 is 9.07. The van der Waals surface area contributed by atoms with Crippen LogP contribution in [0.5, 0.6) is 0 Å². The van der Waals surface area contributed by atoms with Crippen LogP contribution in [0.2, 0.25) is 0 Å². The topological polar surface area (TPSA) is 46.6 Å². The van der Waals surface area contributed by atoms with Gasteiger partial charge >= 0.3 is 5.78 Å². The fourth-order valence-corrected chi connectivity index (χ4v) is 7.18. The number of anilines is 1. The molecule has 0 saturated carbocycles. The summed E-state index contributed by atoms with van der Waals surface area (Å²) in [5.41, 5.74) is 12.7. The minimum absolute atomic E-state index is 0.882. The molecule has 0 bridgehead atoms. The van der Waals surface area contributed by atoms with E-state index in [-0.39, 0.29) is 0 Å². The fraction of sp³-hybridized carbons (Fsp3) is 0.0976. The predicted octanol–water partition coefficient (Wildman–Crippen LogP) is 6.82. The van der Waals surface area contributed by atoms with E-state index in [9.17, 15) is 0 Å². The molecule has 0 saturated heterocycles. The standard InChI is InChI=1S/C41H34N7/c1-44(2)30-25-23-27(24-26-30)35(38-36(28-15-7-5-8-16-28)42-40-45(3)31-19-11-13-21-33(31)47(38)40)39-37(29-17-9-6-10-18-29)43-41-46(4)32-20-12-14-22-34(32)48(39)41/h5-26H,1-4H3/q+1. The molecular formula is C41H34N7+. The number of benzene rings is 5. The molecule has 7 heteroatoms. The van der Waals surface area contributed by atoms with Gasteiger partial charge in [-0.2, -0.15) is 4.40 Å². The average molecular weight is 625 g/mol. The lowest BCUT2D eigenvalue weighted by Gasteiger charge is -2.15. The normalized spacial score (nSPS) is 12.5. The first-order valence-electron chi connectivity index (χ1n) is 16.2. The number of hydrogen-bond donors (Lipinski definition) is 0. The Morgan fingerprint density at radius 1 is 0.604 bits per heavy atom. The third-order valence-corrected chi connectivity index (χ3v) is 9.53. The molecule has 4 heterocycles. The van der Waals surface area contributed by atoms with E-state index >= 15 is 0 Å². The highest BCUT2D eigenvalue weighted by Crippen LogP contribution is 2.36. The second-order valence-electron chi connectivity index (χ2n) is 12.5. The van der Waals surface area contributed by atoms with Crippen LogP contribution in [0.15, 0.2) is 133 Å². The SMILES string of the molecule is CN(C)c1ccc(C(c2c(-c3ccccc3)nc3n(C)c4ccccc4n23)=c2c(-c3ccccc3)nc3n2c2ccccc2[n+]3C)cc1. The Balaban J connectivity index is 1.59. The first kappa shape index (κ1) is 28.0. The van der Waals surface area contributed by atoms with E-state index in [0.29, 0.717) is 0 Å². The third-order valence-electron chi connectivity index (χ3n) is 9.53. The van der Waals surface area contributed by atoms with Crippen molar-refractivity contribution in [3.63, 3.8) is 0 Å². The number of nitrogens with zero attached hydrogens (tertiary/aromatic N) is 7. The second-order valence-corrected chi connectivity index (χ2v) is 12.5. The maximum atomic E-state index is 5.43. The monoisotopic (exact) mass is 624 g/mol. The number of aryl methyl sites for hydroxylation is 2. The van der Waals surface area contributed by atoms with Gasteiger partial charge in [-0.15, -0.1) is 0 Å². The molecule has 5 aromatic carbocycles. The quantitative estimate of drug-likeness (QED) is 0.198. The van der Waals surface area contributed by atoms with Gasteiger partial charge in [0.25, 0.3) is 0 Å². The Morgan fingerprint density at radius 2 is 1.19 bits per heavy atom. The number of para-hydroxylation sites is 4. The molecule has 0 aliphatic rings. The van der Waals surface area contributed by atoms with E-state index in [0.717, 1.165) is 84.0 Å². The summed E-state index contributed by atoms with van der Waals surface area (Å²) in [6, 6.07) is 47.1. The molecule has 0 radical (unpaired) electrons. The minimum Gasteiger partial charge on any atom is -0.378 e. The highest BCUT2D eigenvalue weighted by molar-refractivity contribution is 5.94. The zero-order chi connectivity index (χ0) is 32.5. The second kappa shape index (κ2) is 10.7. The van der Waals surface area contributed by atoms with E-state index in [4.69, 9.17) is 9.97 Å². The number of rotatable bonds is 5. The van der Waals surface area contributed by atoms with Gasteiger partial charge < -0.3 is 9.47 Å². The minimum atomic E-state index is 0.882. The van der Waals surface area contributed by atoms with Gasteiger partial charge in [0.05, 0.1) is 35.0 Å². The third kappa shape index (κ3) is 4.04. The van der Waals surface area contributed by atoms with Gasteiger partial charge in [-0.1, -0.05) is 102 Å². The molecule has 48 heavy (non-hydrogen) atoms. The molecule has 7 nitrogen and oxygen atoms in total. The van der Waals surface area contributed by atoms with Crippen LogP contribution in [-0.2, 0) is 14.1 Å². The lowest BCUT2D eigenvalue weighted by molar-refractivity contribution is -0.620. The van der Waals surface area contributed by atoms with Gasteiger partial charge in [-0.3, -0.25) is 4.40 Å². The maximum absolute atomic E-state index is 5.43. The molecule has 0 aliphatic heterocycles. The smallest absolute Gasteiger partial charge is 0.378 e. The van der Waals surface area contributed by atoms with Crippen LogP contribution in [0, 0.1) is 0 Å². The van der Waals surface area contributed by atoms with Crippen LogP contribution in [0.25, 0.3) is 61.7 Å². The Labute approximate surface area is 277 Å². The van der Waals surface area contributed by atoms with Crippen molar-refractivity contribution in [2.75, 3.05) is 19.0 Å². The van der Waals surface area contributed by atoms with Crippen molar-refractivity contribution in [2.24, 2.45) is 14.1 Å². The lowest BCUT2D eigenvalue weighted by Crippen LogP contribution is -2.27. The Morgan fingerprint density at radius 3 is 1.85 bits per heavy atom. The van der Waals surface area contributed by atoms with E-state index in [1.807, 2.05) is 0 Å². The van der Waals surface area contributed by atoms with Gasteiger partial charge in [0.2, 0.25) is 5.78 Å². The molecule has 0 aliphatic carbocycles. The predicted molar refractivity (Wildman–Crippen MR) is 194 cm³/mol. The Hall–Kier alpha value is -6.21. The van der Waals surface area contributed by atoms with Gasteiger partial charge in [0.1, 0.15) is 11.0 Å². The average Bonchev–Trinajstić information content (AvgIpc) is 3.86. The zero-order valence-electron chi connectivity index (χ0n) is 27.3. The van der Waals surface area contributed by atoms with Crippen molar-refractivity contribution in [1.29, 1.82) is 0 Å². The summed E-state index contributed by atoms with van der Waals surface area (Å²) in [5, 5.41) is 1.03. The highest BCUT2D eigenvalue weighted by Gasteiger charge is 2.31. The van der Waals surface area contributed by atoms with Gasteiger partial charge in [0.15, 0.2) is 11.0 Å². The van der Waals surface area contributed by atoms with Crippen molar-refractivity contribution in [3.05, 3.63) is 150 Å². The van der Waals surface area contributed by atoms with E-state index in [2.05, 4.69) is 184 Å². The van der Waals surface area contributed by atoms with Crippen LogP contribution in [0.4, 0.5) is 5.69 Å². The van der Waals surface area contributed by atoms with Crippen molar-refractivity contribution >= 4 is 44.9 Å². The number of aromatic nitrogens is 6. The van der Waals surface area contributed by atoms with Crippen LogP contribution in [-0.4, -0.2) is 37.4 Å². The molecule has 0 amide bonds. The molecule has 0 fully saturated rings. The lowest BCUT2D eigenvalue weighted by atomic mass is 9.96. The number of fused-ring (bicyclic) bond motifs is 6. The number of imidazole rings is 4. The molecule has 0 unspecified atom stereocenters. The summed E-state index contributed by atoms with van der Waals surface area (Å²) in [4.78, 5) is 13.0. The molecular weight excluding hydrogens is 591 g/mol. The summed E-state index contributed by atoms with van der Waals surface area (Å²) in [6.45, 7) is 0. The molecule has 0 atom stereocenters. The molecule has 4 aromatic heterocycles. The zero-order valence-corrected chi connectivity index (χ0v) is 27.3. The van der Waals surface area contributed by atoms with Crippen LogP contribution in [0.1, 0.15) is 11.3 Å². The van der Waals surface area contributed by atoms with Crippen LogP contribution < -0.4 is 14.8 Å². The van der Waals surface area contributed by atoms with E-state index in [1.165, 1.54) is 0 Å². The molecule has 9 aromatic rings. The number of hydrogen-bond acceptors (Lipinski definition) is 3. The van der Waals surface area contributed by atoms with E-state index < -0.39 is 0 Å². The highest BCUT2D eigenvalue weighted by atomic mass is 15.2. The Kier molecular flexibility index (Phi) is 6.24. The van der Waals surface area contributed by atoms with Gasteiger partial charge in [-0.25, -0.2) is 9.55 Å². The largest absolute Gasteiger partial charge is 0.405 e.